The van der Waals surface area contributed by atoms with E-state index in [1.54, 1.807) is 5.01 Å². The lowest BCUT2D eigenvalue weighted by atomic mass is 9.76. The molecule has 14 heteroatoms. The van der Waals surface area contributed by atoms with E-state index in [1.165, 1.54) is 11.8 Å². The van der Waals surface area contributed by atoms with Gasteiger partial charge in [-0.3, -0.25) is 9.69 Å². The van der Waals surface area contributed by atoms with Crippen LogP contribution >= 0.6 is 0 Å². The maximum Gasteiger partial charge on any atom is 0.429 e. The number of hydrazine groups is 1. The lowest BCUT2D eigenvalue weighted by Gasteiger charge is -2.57. The Morgan fingerprint density at radius 3 is 2.10 bits per heavy atom. The van der Waals surface area contributed by atoms with Crippen LogP contribution in [0.25, 0.3) is 0 Å². The molecule has 8 N–H and O–H groups in total. The third-order valence-electron chi connectivity index (χ3n) is 10.2. The zero-order chi connectivity index (χ0) is 29.5. The van der Waals surface area contributed by atoms with Crippen molar-refractivity contribution >= 4 is 11.9 Å². The summed E-state index contributed by atoms with van der Waals surface area (Å²) < 4.78 is 34.1. The van der Waals surface area contributed by atoms with Crippen LogP contribution in [0.5, 0.6) is 0 Å². The Labute approximate surface area is 237 Å². The summed E-state index contributed by atoms with van der Waals surface area (Å²) in [5.74, 6) is -6.10. The number of halogens is 2. The minimum absolute atomic E-state index is 0.0282. The number of hydrogen-bond acceptors (Lipinski definition) is 10. The van der Waals surface area contributed by atoms with Crippen molar-refractivity contribution in [2.75, 3.05) is 39.4 Å². The van der Waals surface area contributed by atoms with Gasteiger partial charge in [-0.2, -0.15) is 8.78 Å². The first kappa shape index (κ1) is 29.1. The number of nitrogens with one attached hydrogen (secondary N) is 2. The second-order valence-corrected chi connectivity index (χ2v) is 12.6. The van der Waals surface area contributed by atoms with Crippen LogP contribution in [-0.4, -0.2) is 122 Å². The SMILES string of the molecule is CC1=C2C(=C(N)C(F)(F)C1(NN1CCC(O)C(CO)C1)N1CCC(O)C(CO)C1)C(=O)NC(=O)[N+]2(C1CC1)C1CC1. The molecule has 3 heterocycles. The number of aliphatic hydroxyl groups excluding tert-OH is 4. The molecule has 0 radical (unpaired) electrons. The predicted molar refractivity (Wildman–Crippen MR) is 140 cm³/mol. The van der Waals surface area contributed by atoms with E-state index in [2.05, 4.69) is 10.7 Å². The molecule has 3 amide bonds. The monoisotopic (exact) mass is 583 g/mol. The summed E-state index contributed by atoms with van der Waals surface area (Å²) in [5.41, 5.74) is 6.11. The quantitative estimate of drug-likeness (QED) is 0.186. The Morgan fingerprint density at radius 1 is 0.976 bits per heavy atom. The summed E-state index contributed by atoms with van der Waals surface area (Å²) in [6, 6.07) is -0.844. The molecule has 3 saturated heterocycles. The zero-order valence-corrected chi connectivity index (χ0v) is 23.2. The molecule has 6 rings (SSSR count). The van der Waals surface area contributed by atoms with E-state index in [9.17, 15) is 30.0 Å². The number of quaternary nitrogens is 1. The van der Waals surface area contributed by atoms with Gasteiger partial charge >= 0.3 is 12.0 Å². The molecule has 0 spiro atoms. The number of fused-ring (bicyclic) bond motifs is 1. The molecule has 12 nitrogen and oxygen atoms in total. The van der Waals surface area contributed by atoms with Crippen molar-refractivity contribution in [1.29, 1.82) is 0 Å². The summed E-state index contributed by atoms with van der Waals surface area (Å²) in [6.07, 6.45) is 1.51. The van der Waals surface area contributed by atoms with Crippen molar-refractivity contribution < 1.29 is 43.3 Å². The van der Waals surface area contributed by atoms with Crippen molar-refractivity contribution in [1.82, 2.24) is 20.7 Å². The standard InChI is InChI=1S/C27H40F2N6O6/c1-14-22-21(24(40)31-25(41)35(22,17-2-3-17)18-4-5-18)23(30)26(28,29)27(14,33-8-6-19(38)15(10-33)12-36)32-34-9-7-20(39)16(11-34)13-37/h15-20,32,36-39H,2-13H2,1H3,(H2-,30,31,40,41)/p+1. The molecule has 3 aliphatic heterocycles. The van der Waals surface area contributed by atoms with Crippen LogP contribution in [0, 0.1) is 11.8 Å². The van der Waals surface area contributed by atoms with E-state index in [-0.39, 0.29) is 79.0 Å². The average Bonchev–Trinajstić information content (AvgIpc) is 3.85. The molecular weight excluding hydrogens is 542 g/mol. The van der Waals surface area contributed by atoms with Crippen molar-refractivity contribution in [3.05, 3.63) is 22.5 Å². The van der Waals surface area contributed by atoms with Crippen LogP contribution in [0.15, 0.2) is 22.5 Å². The Bertz CT molecular complexity index is 1180. The van der Waals surface area contributed by atoms with Crippen LogP contribution in [0.4, 0.5) is 13.6 Å². The number of hydrogen-bond donors (Lipinski definition) is 7. The van der Waals surface area contributed by atoms with Gasteiger partial charge in [-0.1, -0.05) is 0 Å². The zero-order valence-electron chi connectivity index (χ0n) is 23.2. The number of carbonyl (C=O) groups excluding carboxylic acids is 2. The maximum atomic E-state index is 17.2. The lowest BCUT2D eigenvalue weighted by molar-refractivity contribution is -0.834. The highest BCUT2D eigenvalue weighted by molar-refractivity contribution is 6.09. The van der Waals surface area contributed by atoms with Gasteiger partial charge in [0.05, 0.1) is 12.2 Å². The van der Waals surface area contributed by atoms with Gasteiger partial charge in [0.1, 0.15) is 23.4 Å². The number of nitrogens with zero attached hydrogens (tertiary/aromatic N) is 3. The van der Waals surface area contributed by atoms with Gasteiger partial charge in [0.2, 0.25) is 0 Å². The summed E-state index contributed by atoms with van der Waals surface area (Å²) in [6.45, 7) is 0.973. The van der Waals surface area contributed by atoms with Gasteiger partial charge < -0.3 is 26.2 Å². The van der Waals surface area contributed by atoms with Gasteiger partial charge in [0.15, 0.2) is 11.4 Å². The van der Waals surface area contributed by atoms with Crippen molar-refractivity contribution in [2.45, 2.75) is 81.3 Å². The minimum Gasteiger partial charge on any atom is -0.396 e. The van der Waals surface area contributed by atoms with Crippen LogP contribution < -0.4 is 16.5 Å². The topological polar surface area (TPSA) is 172 Å². The third-order valence-corrected chi connectivity index (χ3v) is 10.2. The molecule has 41 heavy (non-hydrogen) atoms. The van der Waals surface area contributed by atoms with Crippen LogP contribution in [-0.2, 0) is 4.79 Å². The number of amides is 3. The summed E-state index contributed by atoms with van der Waals surface area (Å²) in [5, 5.41) is 44.7. The molecular formula is C27H41F2N6O6+. The summed E-state index contributed by atoms with van der Waals surface area (Å²) in [7, 11) is 0. The van der Waals surface area contributed by atoms with Crippen molar-refractivity contribution in [2.24, 2.45) is 17.6 Å². The largest absolute Gasteiger partial charge is 0.429 e. The molecule has 0 aromatic rings. The molecule has 3 aliphatic carbocycles. The lowest BCUT2D eigenvalue weighted by Crippen LogP contribution is -2.79. The number of alkyl halides is 2. The first-order valence-corrected chi connectivity index (χ1v) is 14.6. The molecule has 0 aromatic heterocycles. The Balaban J connectivity index is 1.57. The van der Waals surface area contributed by atoms with Crippen LogP contribution in [0.2, 0.25) is 0 Å². The van der Waals surface area contributed by atoms with Crippen LogP contribution in [0.1, 0.15) is 45.4 Å². The third kappa shape index (κ3) is 4.06. The van der Waals surface area contributed by atoms with Gasteiger partial charge in [0.25, 0.3) is 5.91 Å². The van der Waals surface area contributed by atoms with Crippen LogP contribution in [0.3, 0.4) is 0 Å². The fraction of sp³-hybridized carbons (Fsp3) is 0.778. The Morgan fingerprint density at radius 2 is 1.54 bits per heavy atom. The number of likely N-dealkylation sites (tertiary alicyclic amines) is 1. The number of aliphatic hydroxyl groups is 4. The van der Waals surface area contributed by atoms with Gasteiger partial charge in [-0.25, -0.2) is 25.0 Å². The fourth-order valence-electron chi connectivity index (χ4n) is 7.77. The molecule has 0 bridgehead atoms. The Hall–Kier alpha value is -2.04. The molecule has 5 atom stereocenters. The first-order chi connectivity index (χ1) is 19.4. The number of carbonyl (C=O) groups is 2. The number of nitrogens with two attached hydrogens (primary N) is 1. The summed E-state index contributed by atoms with van der Waals surface area (Å²) >= 11 is 0. The normalized spacial score (nSPS) is 38.2. The number of rotatable bonds is 7. The fourth-order valence-corrected chi connectivity index (χ4v) is 7.77. The minimum atomic E-state index is -3.87. The second kappa shape index (κ2) is 10.0. The molecule has 5 fully saturated rings. The number of urea groups is 1. The highest BCUT2D eigenvalue weighted by Crippen LogP contribution is 2.58. The highest BCUT2D eigenvalue weighted by atomic mass is 19.3. The molecule has 6 aliphatic rings. The average molecular weight is 584 g/mol. The van der Waals surface area contributed by atoms with Gasteiger partial charge in [0, 0.05) is 82.5 Å². The van der Waals surface area contributed by atoms with E-state index in [1.807, 2.05) is 0 Å². The number of piperidine rings is 2. The van der Waals surface area contributed by atoms with Crippen molar-refractivity contribution in [3.63, 3.8) is 0 Å². The van der Waals surface area contributed by atoms with E-state index in [0.29, 0.717) is 25.7 Å². The van der Waals surface area contributed by atoms with E-state index >= 15 is 8.78 Å². The molecule has 0 aromatic carbocycles. The predicted octanol–water partition coefficient (Wildman–Crippen LogP) is -0.935. The molecule has 5 unspecified atom stereocenters. The maximum absolute atomic E-state index is 17.2. The molecule has 228 valence electrons. The van der Waals surface area contributed by atoms with Gasteiger partial charge in [-0.15, -0.1) is 0 Å². The first-order valence-electron chi connectivity index (χ1n) is 14.6. The number of imide groups is 1. The Kier molecular flexibility index (Phi) is 7.10. The van der Waals surface area contributed by atoms with E-state index < -0.39 is 59.9 Å². The van der Waals surface area contributed by atoms with Gasteiger partial charge in [-0.05, 0) is 19.8 Å². The van der Waals surface area contributed by atoms with E-state index in [4.69, 9.17) is 5.73 Å². The smallest absolute Gasteiger partial charge is 0.396 e. The summed E-state index contributed by atoms with van der Waals surface area (Å²) in [4.78, 5) is 28.5. The van der Waals surface area contributed by atoms with Crippen molar-refractivity contribution in [3.8, 4) is 0 Å². The second-order valence-electron chi connectivity index (χ2n) is 12.6. The molecule has 2 saturated carbocycles. The van der Waals surface area contributed by atoms with E-state index in [0.717, 1.165) is 0 Å². The highest BCUT2D eigenvalue weighted by Gasteiger charge is 2.73.